The topological polar surface area (TPSA) is 55.7 Å². The van der Waals surface area contributed by atoms with E-state index in [0.29, 0.717) is 22.9 Å². The number of hydrogen-bond acceptors (Lipinski definition) is 6. The fraction of sp³-hybridized carbons (Fsp3) is 0.357. The van der Waals surface area contributed by atoms with Crippen molar-refractivity contribution in [3.63, 3.8) is 0 Å². The van der Waals surface area contributed by atoms with E-state index in [1.807, 2.05) is 24.3 Å². The van der Waals surface area contributed by atoms with E-state index < -0.39 is 5.82 Å². The third-order valence-corrected chi connectivity index (χ3v) is 7.80. The van der Waals surface area contributed by atoms with Gasteiger partial charge in [-0.25, -0.2) is 9.37 Å². The highest BCUT2D eigenvalue weighted by Gasteiger charge is 2.32. The van der Waals surface area contributed by atoms with Gasteiger partial charge < -0.3 is 19.8 Å². The lowest BCUT2D eigenvalue weighted by molar-refractivity contribution is 0.245. The summed E-state index contributed by atoms with van der Waals surface area (Å²) in [5.41, 5.74) is 1.06. The van der Waals surface area contributed by atoms with Crippen LogP contribution in [0.4, 0.5) is 16.2 Å². The number of phenolic OH excluding ortho intramolecular Hbond substituents is 1. The van der Waals surface area contributed by atoms with Crippen molar-refractivity contribution in [2.45, 2.75) is 25.3 Å². The Kier molecular flexibility index (Phi) is 5.85. The van der Waals surface area contributed by atoms with Crippen LogP contribution in [0.25, 0.3) is 32.8 Å². The largest absolute Gasteiger partial charge is 0.508 e. The minimum Gasteiger partial charge on any atom is -0.508 e. The van der Waals surface area contributed by atoms with E-state index >= 15 is 4.39 Å². The maximum Gasteiger partial charge on any atom is 0.228 e. The van der Waals surface area contributed by atoms with Crippen molar-refractivity contribution in [1.29, 1.82) is 0 Å². The summed E-state index contributed by atoms with van der Waals surface area (Å²) in [6.07, 6.45) is 3.35. The first-order chi connectivity index (χ1) is 17.4. The zero-order valence-electron chi connectivity index (χ0n) is 20.5. The molecule has 0 spiro atoms. The molecule has 0 radical (unpaired) electrons. The minimum absolute atomic E-state index is 0.0620. The average Bonchev–Trinajstić information content (AvgIpc) is 2.83. The van der Waals surface area contributed by atoms with Gasteiger partial charge in [0.15, 0.2) is 5.82 Å². The molecule has 2 saturated heterocycles. The molecule has 8 heteroatoms. The molecule has 186 valence electrons. The summed E-state index contributed by atoms with van der Waals surface area (Å²) < 4.78 is 16.5. The molecule has 0 amide bonds. The molecule has 6 rings (SSSR count). The van der Waals surface area contributed by atoms with E-state index in [-0.39, 0.29) is 21.9 Å². The Balaban J connectivity index is 1.57. The van der Waals surface area contributed by atoms with Gasteiger partial charge in [0, 0.05) is 43.2 Å². The third-order valence-electron chi connectivity index (χ3n) is 7.50. The molecule has 6 nitrogen and oxygen atoms in total. The van der Waals surface area contributed by atoms with E-state index in [1.165, 1.54) is 6.42 Å². The van der Waals surface area contributed by atoms with Crippen LogP contribution >= 0.6 is 11.6 Å². The van der Waals surface area contributed by atoms with E-state index in [9.17, 15) is 5.11 Å². The maximum absolute atomic E-state index is 16.5. The van der Waals surface area contributed by atoms with E-state index in [0.717, 1.165) is 55.6 Å². The highest BCUT2D eigenvalue weighted by molar-refractivity contribution is 6.35. The molecule has 0 bridgehead atoms. The minimum atomic E-state index is -0.486. The van der Waals surface area contributed by atoms with E-state index in [2.05, 4.69) is 28.8 Å². The van der Waals surface area contributed by atoms with Crippen LogP contribution in [-0.2, 0) is 0 Å². The molecule has 1 aromatic heterocycles. The molecular weight excluding hydrogens is 477 g/mol. The highest BCUT2D eigenvalue weighted by Crippen LogP contribution is 2.42. The van der Waals surface area contributed by atoms with Crippen molar-refractivity contribution in [2.24, 2.45) is 0 Å². The molecule has 3 aromatic carbocycles. The second kappa shape index (κ2) is 9.05. The smallest absolute Gasteiger partial charge is 0.228 e. The number of benzene rings is 3. The normalized spacial score (nSPS) is 16.8. The SMILES string of the molecule is CN(C)C1CN(c2nc(N3CCCCC3)c3cc(Cl)c(-c4cc(O)cc5ccccc45)c(F)c3n2)C1. The monoisotopic (exact) mass is 505 g/mol. The fourth-order valence-electron chi connectivity index (χ4n) is 5.35. The summed E-state index contributed by atoms with van der Waals surface area (Å²) in [7, 11) is 4.13. The van der Waals surface area contributed by atoms with Crippen molar-refractivity contribution in [1.82, 2.24) is 14.9 Å². The Morgan fingerprint density at radius 2 is 1.72 bits per heavy atom. The Morgan fingerprint density at radius 1 is 0.972 bits per heavy atom. The zero-order chi connectivity index (χ0) is 25.0. The predicted molar refractivity (Wildman–Crippen MR) is 145 cm³/mol. The average molecular weight is 506 g/mol. The van der Waals surface area contributed by atoms with Crippen LogP contribution in [0.2, 0.25) is 5.02 Å². The number of piperidine rings is 1. The lowest BCUT2D eigenvalue weighted by Crippen LogP contribution is -2.58. The van der Waals surface area contributed by atoms with Gasteiger partial charge in [0.25, 0.3) is 0 Å². The quantitative estimate of drug-likeness (QED) is 0.384. The molecular formula is C28H29ClFN5O. The molecule has 0 saturated carbocycles. The second-order valence-corrected chi connectivity index (χ2v) is 10.5. The molecule has 0 aliphatic carbocycles. The molecule has 2 aliphatic heterocycles. The Hall–Kier alpha value is -3.16. The molecule has 4 aromatic rings. The van der Waals surface area contributed by atoms with E-state index in [4.69, 9.17) is 21.6 Å². The molecule has 0 atom stereocenters. The summed E-state index contributed by atoms with van der Waals surface area (Å²) >= 11 is 6.79. The van der Waals surface area contributed by atoms with Gasteiger partial charge >= 0.3 is 0 Å². The highest BCUT2D eigenvalue weighted by atomic mass is 35.5. The van der Waals surface area contributed by atoms with Crippen molar-refractivity contribution < 1.29 is 9.50 Å². The van der Waals surface area contributed by atoms with Crippen LogP contribution in [0.3, 0.4) is 0 Å². The summed E-state index contributed by atoms with van der Waals surface area (Å²) in [5.74, 6) is 0.872. The summed E-state index contributed by atoms with van der Waals surface area (Å²) in [4.78, 5) is 16.2. The summed E-state index contributed by atoms with van der Waals surface area (Å²) in [5, 5.41) is 12.9. The number of aromatic hydroxyl groups is 1. The molecule has 0 unspecified atom stereocenters. The first kappa shape index (κ1) is 23.3. The van der Waals surface area contributed by atoms with Gasteiger partial charge in [-0.15, -0.1) is 0 Å². The van der Waals surface area contributed by atoms with Gasteiger partial charge in [0.2, 0.25) is 5.95 Å². The predicted octanol–water partition coefficient (Wildman–Crippen LogP) is 5.69. The summed E-state index contributed by atoms with van der Waals surface area (Å²) in [6.45, 7) is 3.36. The number of phenols is 1. The number of rotatable bonds is 4. The van der Waals surface area contributed by atoms with Crippen molar-refractivity contribution in [3.05, 3.63) is 53.3 Å². The number of hydrogen-bond donors (Lipinski definition) is 1. The molecule has 2 aliphatic rings. The number of anilines is 2. The summed E-state index contributed by atoms with van der Waals surface area (Å²) in [6, 6.07) is 13.1. The number of likely N-dealkylation sites (N-methyl/N-ethyl adjacent to an activating group) is 1. The van der Waals surface area contributed by atoms with Crippen LogP contribution in [0.15, 0.2) is 42.5 Å². The lowest BCUT2D eigenvalue weighted by Gasteiger charge is -2.43. The van der Waals surface area contributed by atoms with E-state index in [1.54, 1.807) is 18.2 Å². The van der Waals surface area contributed by atoms with Crippen molar-refractivity contribution >= 4 is 45.0 Å². The third kappa shape index (κ3) is 3.91. The van der Waals surface area contributed by atoms with Gasteiger partial charge in [0.1, 0.15) is 17.1 Å². The van der Waals surface area contributed by atoms with Crippen LogP contribution in [0.5, 0.6) is 5.75 Å². The number of aromatic nitrogens is 2. The number of halogens is 2. The van der Waals surface area contributed by atoms with Crippen LogP contribution < -0.4 is 9.80 Å². The number of fused-ring (bicyclic) bond motifs is 2. The van der Waals surface area contributed by atoms with Crippen molar-refractivity contribution in [3.8, 4) is 16.9 Å². The standard InChI is InChI=1S/C28H29ClFN5O/c1-33(2)18-15-35(16-18)28-31-26-22(27(32-28)34-10-6-3-7-11-34)14-23(29)24(25(26)30)21-13-19(36)12-17-8-4-5-9-20(17)21/h4-5,8-9,12-14,18,36H,3,6-7,10-11,15-16H2,1-2H3. The maximum atomic E-state index is 16.5. The van der Waals surface area contributed by atoms with Crippen LogP contribution in [-0.4, -0.2) is 66.3 Å². The van der Waals surface area contributed by atoms with Crippen LogP contribution in [0.1, 0.15) is 19.3 Å². The van der Waals surface area contributed by atoms with Gasteiger partial charge in [0.05, 0.1) is 5.02 Å². The first-order valence-corrected chi connectivity index (χ1v) is 12.9. The van der Waals surface area contributed by atoms with Gasteiger partial charge in [-0.2, -0.15) is 4.98 Å². The second-order valence-electron chi connectivity index (χ2n) is 10.1. The Morgan fingerprint density at radius 3 is 2.47 bits per heavy atom. The van der Waals surface area contributed by atoms with Crippen LogP contribution in [0, 0.1) is 5.82 Å². The van der Waals surface area contributed by atoms with Crippen molar-refractivity contribution in [2.75, 3.05) is 50.1 Å². The molecule has 3 heterocycles. The molecule has 2 fully saturated rings. The molecule has 1 N–H and O–H groups in total. The van der Waals surface area contributed by atoms with Gasteiger partial charge in [-0.1, -0.05) is 35.9 Å². The first-order valence-electron chi connectivity index (χ1n) is 12.5. The van der Waals surface area contributed by atoms with Gasteiger partial charge in [-0.3, -0.25) is 0 Å². The zero-order valence-corrected chi connectivity index (χ0v) is 21.3. The van der Waals surface area contributed by atoms with Gasteiger partial charge in [-0.05, 0) is 67.9 Å². The Bertz CT molecular complexity index is 1460. The molecule has 36 heavy (non-hydrogen) atoms. The number of nitrogens with zero attached hydrogens (tertiary/aromatic N) is 5. The lowest BCUT2D eigenvalue weighted by atomic mass is 9.96. The Labute approximate surface area is 214 Å². The fourth-order valence-corrected chi connectivity index (χ4v) is 5.64.